The van der Waals surface area contributed by atoms with Gasteiger partial charge >= 0.3 is 0 Å². The molecule has 0 radical (unpaired) electrons. The first-order valence-electron chi connectivity index (χ1n) is 16.4. The van der Waals surface area contributed by atoms with E-state index in [-0.39, 0.29) is 0 Å². The average molecular weight is 628 g/mol. The number of benzene rings is 7. The number of hydrogen-bond donors (Lipinski definition) is 0. The minimum absolute atomic E-state index is 0.604. The van der Waals surface area contributed by atoms with Crippen molar-refractivity contribution in [1.82, 2.24) is 15.0 Å². The van der Waals surface area contributed by atoms with Gasteiger partial charge < -0.3 is 4.42 Å². The number of nitrogens with zero attached hydrogens (tertiary/aromatic N) is 3. The molecule has 4 nitrogen and oxygen atoms in total. The lowest BCUT2D eigenvalue weighted by Crippen LogP contribution is -2.00. The molecule has 230 valence electrons. The molecule has 2 aromatic heterocycles. The van der Waals surface area contributed by atoms with Crippen molar-refractivity contribution in [2.24, 2.45) is 0 Å². The van der Waals surface area contributed by atoms with E-state index in [1.165, 1.54) is 5.56 Å². The molecule has 4 heteroatoms. The zero-order chi connectivity index (χ0) is 32.6. The molecule has 0 N–H and O–H groups in total. The lowest BCUT2D eigenvalue weighted by Gasteiger charge is -2.13. The van der Waals surface area contributed by atoms with Crippen LogP contribution in [0, 0.1) is 0 Å². The van der Waals surface area contributed by atoms with Crippen molar-refractivity contribution in [3.8, 4) is 67.5 Å². The first-order chi connectivity index (χ1) is 24.3. The summed E-state index contributed by atoms with van der Waals surface area (Å²) in [4.78, 5) is 15.2. The zero-order valence-corrected chi connectivity index (χ0v) is 26.5. The molecule has 2 heterocycles. The number of para-hydroxylation sites is 2. The Hall–Kier alpha value is -6.65. The fourth-order valence-electron chi connectivity index (χ4n) is 6.48. The Morgan fingerprint density at radius 1 is 0.306 bits per heavy atom. The molecule has 0 atom stereocenters. The molecule has 0 spiro atoms. The summed E-state index contributed by atoms with van der Waals surface area (Å²) in [6, 6.07) is 60.4. The van der Waals surface area contributed by atoms with Gasteiger partial charge in [-0.1, -0.05) is 152 Å². The van der Waals surface area contributed by atoms with Gasteiger partial charge in [0.1, 0.15) is 11.2 Å². The molecule has 0 aliphatic rings. The Bertz CT molecular complexity index is 2580. The van der Waals surface area contributed by atoms with Crippen molar-refractivity contribution in [2.75, 3.05) is 0 Å². The summed E-state index contributed by atoms with van der Waals surface area (Å²) >= 11 is 0. The number of aromatic nitrogens is 3. The van der Waals surface area contributed by atoms with Crippen LogP contribution in [-0.2, 0) is 0 Å². The van der Waals surface area contributed by atoms with Crippen molar-refractivity contribution in [3.63, 3.8) is 0 Å². The van der Waals surface area contributed by atoms with Crippen LogP contribution in [0.15, 0.2) is 180 Å². The van der Waals surface area contributed by atoms with E-state index in [2.05, 4.69) is 121 Å². The van der Waals surface area contributed by atoms with Crippen LogP contribution < -0.4 is 0 Å². The van der Waals surface area contributed by atoms with Crippen LogP contribution >= 0.6 is 0 Å². The minimum Gasteiger partial charge on any atom is -0.455 e. The Kier molecular flexibility index (Phi) is 7.10. The highest BCUT2D eigenvalue weighted by molar-refractivity contribution is 6.09. The Labute approximate surface area is 284 Å². The first kappa shape index (κ1) is 28.6. The molecule has 0 fully saturated rings. The van der Waals surface area contributed by atoms with Crippen molar-refractivity contribution < 1.29 is 4.42 Å². The van der Waals surface area contributed by atoms with Gasteiger partial charge in [-0.3, -0.25) is 0 Å². The van der Waals surface area contributed by atoms with E-state index >= 15 is 0 Å². The first-order valence-corrected chi connectivity index (χ1v) is 16.4. The number of hydrogen-bond acceptors (Lipinski definition) is 4. The fourth-order valence-corrected chi connectivity index (χ4v) is 6.48. The number of furan rings is 1. The van der Waals surface area contributed by atoms with Gasteiger partial charge in [0.05, 0.1) is 0 Å². The Balaban J connectivity index is 1.24. The van der Waals surface area contributed by atoms with Gasteiger partial charge in [-0.05, 0) is 52.1 Å². The second-order valence-corrected chi connectivity index (χ2v) is 12.1. The number of rotatable bonds is 6. The van der Waals surface area contributed by atoms with Crippen LogP contribution in [0.5, 0.6) is 0 Å². The topological polar surface area (TPSA) is 51.8 Å². The van der Waals surface area contributed by atoms with Crippen LogP contribution in [0.25, 0.3) is 89.5 Å². The van der Waals surface area contributed by atoms with Crippen molar-refractivity contribution >= 4 is 21.9 Å². The largest absolute Gasteiger partial charge is 0.455 e. The van der Waals surface area contributed by atoms with Gasteiger partial charge in [-0.2, -0.15) is 0 Å². The summed E-state index contributed by atoms with van der Waals surface area (Å²) in [5, 5.41) is 2.19. The van der Waals surface area contributed by atoms with Crippen molar-refractivity contribution in [3.05, 3.63) is 176 Å². The van der Waals surface area contributed by atoms with E-state index in [4.69, 9.17) is 19.4 Å². The molecule has 9 aromatic rings. The monoisotopic (exact) mass is 627 g/mol. The second-order valence-electron chi connectivity index (χ2n) is 12.1. The van der Waals surface area contributed by atoms with Gasteiger partial charge in [-0.15, -0.1) is 0 Å². The molecule has 0 unspecified atom stereocenters. The van der Waals surface area contributed by atoms with Crippen molar-refractivity contribution in [1.29, 1.82) is 0 Å². The molecule has 0 saturated carbocycles. The minimum atomic E-state index is 0.604. The molecule has 0 bridgehead atoms. The molecule has 0 aliphatic carbocycles. The lowest BCUT2D eigenvalue weighted by molar-refractivity contribution is 0.670. The molecule has 0 aliphatic heterocycles. The summed E-state index contributed by atoms with van der Waals surface area (Å²) in [6.07, 6.45) is 0. The molecule has 7 aromatic carbocycles. The molecule has 49 heavy (non-hydrogen) atoms. The fraction of sp³-hybridized carbons (Fsp3) is 0. The standard InChI is InChI=1S/C45H29N3O/c1-4-13-30(14-5-1)32-23-25-34(26-24-32)44-46-43(33-17-8-3-9-18-33)47-45(48-44)37-28-35(31-15-6-2-7-16-31)27-36(29-37)38-20-12-21-40-39-19-10-11-22-41(39)49-42(38)40/h1-29H. The van der Waals surface area contributed by atoms with Crippen LogP contribution in [0.3, 0.4) is 0 Å². The SMILES string of the molecule is c1ccc(-c2ccc(-c3nc(-c4ccccc4)nc(-c4cc(-c5ccccc5)cc(-c5cccc6c5oc5ccccc56)c4)n3)cc2)cc1. The summed E-state index contributed by atoms with van der Waals surface area (Å²) in [5.74, 6) is 1.85. The highest BCUT2D eigenvalue weighted by atomic mass is 16.3. The van der Waals surface area contributed by atoms with E-state index in [1.54, 1.807) is 0 Å². The van der Waals surface area contributed by atoms with Gasteiger partial charge in [0, 0.05) is 33.0 Å². The highest BCUT2D eigenvalue weighted by Gasteiger charge is 2.17. The van der Waals surface area contributed by atoms with Crippen LogP contribution in [-0.4, -0.2) is 15.0 Å². The van der Waals surface area contributed by atoms with Crippen LogP contribution in [0.2, 0.25) is 0 Å². The maximum absolute atomic E-state index is 6.48. The van der Waals surface area contributed by atoms with Gasteiger partial charge in [0.15, 0.2) is 17.5 Å². The molecule has 9 rings (SSSR count). The molecule has 0 saturated heterocycles. The Morgan fingerprint density at radius 2 is 0.755 bits per heavy atom. The number of fused-ring (bicyclic) bond motifs is 3. The van der Waals surface area contributed by atoms with Crippen LogP contribution in [0.4, 0.5) is 0 Å². The van der Waals surface area contributed by atoms with E-state index in [9.17, 15) is 0 Å². The quantitative estimate of drug-likeness (QED) is 0.184. The average Bonchev–Trinajstić information content (AvgIpc) is 3.58. The highest BCUT2D eigenvalue weighted by Crippen LogP contribution is 2.39. The predicted octanol–water partition coefficient (Wildman–Crippen LogP) is 11.8. The van der Waals surface area contributed by atoms with Gasteiger partial charge in [0.2, 0.25) is 0 Å². The molecular weight excluding hydrogens is 599 g/mol. The second kappa shape index (κ2) is 12.2. The van der Waals surface area contributed by atoms with Crippen molar-refractivity contribution in [2.45, 2.75) is 0 Å². The van der Waals surface area contributed by atoms with Gasteiger partial charge in [-0.25, -0.2) is 15.0 Å². The summed E-state index contributed by atoms with van der Waals surface area (Å²) in [7, 11) is 0. The van der Waals surface area contributed by atoms with E-state index in [1.807, 2.05) is 54.6 Å². The maximum atomic E-state index is 6.48. The summed E-state index contributed by atoms with van der Waals surface area (Å²) in [6.45, 7) is 0. The maximum Gasteiger partial charge on any atom is 0.164 e. The Morgan fingerprint density at radius 3 is 1.43 bits per heavy atom. The molecular formula is C45H29N3O. The third kappa shape index (κ3) is 5.45. The van der Waals surface area contributed by atoms with E-state index < -0.39 is 0 Å². The molecule has 0 amide bonds. The summed E-state index contributed by atoms with van der Waals surface area (Å²) in [5.41, 5.74) is 11.0. The van der Waals surface area contributed by atoms with Crippen LogP contribution in [0.1, 0.15) is 0 Å². The lowest BCUT2D eigenvalue weighted by atomic mass is 9.94. The zero-order valence-electron chi connectivity index (χ0n) is 26.5. The van der Waals surface area contributed by atoms with Gasteiger partial charge in [0.25, 0.3) is 0 Å². The smallest absolute Gasteiger partial charge is 0.164 e. The normalized spacial score (nSPS) is 11.3. The predicted molar refractivity (Wildman–Crippen MR) is 200 cm³/mol. The van der Waals surface area contributed by atoms with E-state index in [0.717, 1.165) is 66.4 Å². The summed E-state index contributed by atoms with van der Waals surface area (Å²) < 4.78 is 6.48. The third-order valence-electron chi connectivity index (χ3n) is 8.93. The van der Waals surface area contributed by atoms with E-state index in [0.29, 0.717) is 17.5 Å². The third-order valence-corrected chi connectivity index (χ3v) is 8.93.